The third-order valence-electron chi connectivity index (χ3n) is 7.02. The molecular formula is C25H31NO6. The first-order valence-electron chi connectivity index (χ1n) is 11.6. The highest BCUT2D eigenvalue weighted by molar-refractivity contribution is 5.86. The summed E-state index contributed by atoms with van der Waals surface area (Å²) in [6.07, 6.45) is 5.95. The van der Waals surface area contributed by atoms with Crippen LogP contribution in [-0.4, -0.2) is 29.6 Å². The van der Waals surface area contributed by atoms with Crippen LogP contribution < -0.4 is 15.7 Å². The smallest absolute Gasteiger partial charge is 0.339 e. The second-order valence-electron chi connectivity index (χ2n) is 9.18. The van der Waals surface area contributed by atoms with E-state index in [1.54, 1.807) is 6.92 Å². The Labute approximate surface area is 187 Å². The Balaban J connectivity index is 1.40. The Morgan fingerprint density at radius 2 is 1.84 bits per heavy atom. The van der Waals surface area contributed by atoms with Gasteiger partial charge in [-0.05, 0) is 88.8 Å². The number of rotatable bonds is 6. The molecule has 0 saturated heterocycles. The molecule has 1 atom stereocenters. The van der Waals surface area contributed by atoms with Crippen molar-refractivity contribution in [1.82, 2.24) is 5.32 Å². The number of hydrogen-bond donors (Lipinski definition) is 2. The number of carboxylic acids is 1. The van der Waals surface area contributed by atoms with Gasteiger partial charge in [0, 0.05) is 23.1 Å². The Morgan fingerprint density at radius 1 is 1.16 bits per heavy atom. The Hall–Kier alpha value is -2.83. The number of hydrogen-bond acceptors (Lipinski definition) is 5. The first-order chi connectivity index (χ1) is 15.3. The summed E-state index contributed by atoms with van der Waals surface area (Å²) in [7, 11) is 0. The van der Waals surface area contributed by atoms with E-state index in [1.165, 1.54) is 0 Å². The Kier molecular flexibility index (Phi) is 6.53. The van der Waals surface area contributed by atoms with Crippen LogP contribution in [0.2, 0.25) is 0 Å². The fourth-order valence-electron chi connectivity index (χ4n) is 5.00. The van der Waals surface area contributed by atoms with Crippen LogP contribution in [0.15, 0.2) is 21.3 Å². The highest BCUT2D eigenvalue weighted by atomic mass is 16.5. The summed E-state index contributed by atoms with van der Waals surface area (Å²) < 4.78 is 11.6. The predicted octanol–water partition coefficient (Wildman–Crippen LogP) is 3.75. The van der Waals surface area contributed by atoms with E-state index in [0.29, 0.717) is 36.6 Å². The molecule has 1 fully saturated rings. The highest BCUT2D eigenvalue weighted by Crippen LogP contribution is 2.33. The quantitative estimate of drug-likeness (QED) is 0.662. The highest BCUT2D eigenvalue weighted by Gasteiger charge is 2.27. The van der Waals surface area contributed by atoms with Gasteiger partial charge in [-0.1, -0.05) is 0 Å². The zero-order valence-corrected chi connectivity index (χ0v) is 18.7. The molecule has 0 bridgehead atoms. The lowest BCUT2D eigenvalue weighted by molar-refractivity contribution is -0.143. The van der Waals surface area contributed by atoms with Crippen LogP contribution >= 0.6 is 0 Å². The number of fused-ring (bicyclic) bond motifs is 3. The van der Waals surface area contributed by atoms with Crippen molar-refractivity contribution in [2.24, 2.45) is 11.8 Å². The van der Waals surface area contributed by atoms with Crippen LogP contribution in [-0.2, 0) is 22.4 Å². The first-order valence-corrected chi connectivity index (χ1v) is 11.6. The van der Waals surface area contributed by atoms with Crippen molar-refractivity contribution < 1.29 is 23.8 Å². The van der Waals surface area contributed by atoms with Gasteiger partial charge in [0.1, 0.15) is 11.3 Å². The van der Waals surface area contributed by atoms with E-state index < -0.39 is 12.1 Å². The van der Waals surface area contributed by atoms with E-state index in [4.69, 9.17) is 14.3 Å². The fourth-order valence-corrected chi connectivity index (χ4v) is 5.00. The SMILES string of the molecule is Cc1c(O[C@H](C)C(=O)NCC2CCC(C(=O)O)CC2)ccc2c3c(c(=O)oc12)CCCC3. The molecule has 1 aromatic heterocycles. The molecule has 7 heteroatoms. The minimum atomic E-state index is -0.725. The summed E-state index contributed by atoms with van der Waals surface area (Å²) >= 11 is 0. The number of carbonyl (C=O) groups is 2. The maximum atomic E-state index is 12.6. The molecule has 1 amide bonds. The van der Waals surface area contributed by atoms with Gasteiger partial charge in [-0.2, -0.15) is 0 Å². The number of ether oxygens (including phenoxy) is 1. The monoisotopic (exact) mass is 441 g/mol. The molecule has 0 spiro atoms. The molecule has 4 rings (SSSR count). The third-order valence-corrected chi connectivity index (χ3v) is 7.02. The van der Waals surface area contributed by atoms with Gasteiger partial charge in [-0.25, -0.2) is 4.79 Å². The van der Waals surface area contributed by atoms with E-state index in [0.717, 1.165) is 60.6 Å². The van der Waals surface area contributed by atoms with Gasteiger partial charge in [-0.3, -0.25) is 9.59 Å². The lowest BCUT2D eigenvalue weighted by Gasteiger charge is -2.26. The van der Waals surface area contributed by atoms with Gasteiger partial charge in [0.2, 0.25) is 0 Å². The zero-order chi connectivity index (χ0) is 22.8. The van der Waals surface area contributed by atoms with Gasteiger partial charge in [0.15, 0.2) is 6.10 Å². The maximum absolute atomic E-state index is 12.6. The van der Waals surface area contributed by atoms with E-state index in [1.807, 2.05) is 19.1 Å². The lowest BCUT2D eigenvalue weighted by atomic mass is 9.82. The van der Waals surface area contributed by atoms with E-state index in [-0.39, 0.29) is 17.5 Å². The standard InChI is InChI=1S/C25H31NO6/c1-14-21(12-11-19-18-5-3-4-6-20(18)25(30)32-22(14)19)31-15(2)23(27)26-13-16-7-9-17(10-8-16)24(28)29/h11-12,15-17H,3-10,13H2,1-2H3,(H,26,27)(H,28,29)/t15-,16?,17?/m1/s1. The van der Waals surface area contributed by atoms with E-state index in [9.17, 15) is 14.4 Å². The van der Waals surface area contributed by atoms with Crippen LogP contribution in [0.5, 0.6) is 5.75 Å². The van der Waals surface area contributed by atoms with Crippen molar-refractivity contribution in [2.45, 2.75) is 71.3 Å². The van der Waals surface area contributed by atoms with Crippen molar-refractivity contribution >= 4 is 22.8 Å². The minimum Gasteiger partial charge on any atom is -0.481 e. The van der Waals surface area contributed by atoms with Gasteiger partial charge in [0.05, 0.1) is 5.92 Å². The average Bonchev–Trinajstić information content (AvgIpc) is 2.80. The van der Waals surface area contributed by atoms with Crippen molar-refractivity contribution in [1.29, 1.82) is 0 Å². The summed E-state index contributed by atoms with van der Waals surface area (Å²) in [5.74, 6) is -0.371. The van der Waals surface area contributed by atoms with Gasteiger partial charge in [-0.15, -0.1) is 0 Å². The third kappa shape index (κ3) is 4.52. The van der Waals surface area contributed by atoms with Gasteiger partial charge >= 0.3 is 11.6 Å². The molecule has 0 aliphatic heterocycles. The maximum Gasteiger partial charge on any atom is 0.339 e. The molecule has 2 aliphatic rings. The molecular weight excluding hydrogens is 410 g/mol. The molecule has 1 heterocycles. The van der Waals surface area contributed by atoms with Crippen molar-refractivity contribution in [2.75, 3.05) is 6.54 Å². The first kappa shape index (κ1) is 22.4. The number of benzene rings is 1. The number of aryl methyl sites for hydroxylation is 2. The summed E-state index contributed by atoms with van der Waals surface area (Å²) in [5.41, 5.74) is 2.87. The fraction of sp³-hybridized carbons (Fsp3) is 0.560. The molecule has 1 aromatic carbocycles. The predicted molar refractivity (Wildman–Crippen MR) is 120 cm³/mol. The van der Waals surface area contributed by atoms with Gasteiger partial charge < -0.3 is 19.6 Å². The summed E-state index contributed by atoms with van der Waals surface area (Å²) in [4.78, 5) is 36.1. The minimum absolute atomic E-state index is 0.211. The van der Waals surface area contributed by atoms with Crippen LogP contribution in [0.25, 0.3) is 11.0 Å². The molecule has 2 aromatic rings. The van der Waals surface area contributed by atoms with Crippen molar-refractivity contribution in [3.8, 4) is 5.75 Å². The molecule has 0 unspecified atom stereocenters. The molecule has 32 heavy (non-hydrogen) atoms. The second kappa shape index (κ2) is 9.35. The molecule has 0 radical (unpaired) electrons. The molecule has 2 aliphatic carbocycles. The average molecular weight is 442 g/mol. The van der Waals surface area contributed by atoms with Gasteiger partial charge in [0.25, 0.3) is 5.91 Å². The van der Waals surface area contributed by atoms with Crippen molar-refractivity contribution in [3.05, 3.63) is 39.2 Å². The molecule has 172 valence electrons. The number of aliphatic carboxylic acids is 1. The van der Waals surface area contributed by atoms with Crippen LogP contribution in [0, 0.1) is 18.8 Å². The summed E-state index contributed by atoms with van der Waals surface area (Å²) in [5, 5.41) is 13.0. The normalized spacial score (nSPS) is 21.6. The summed E-state index contributed by atoms with van der Waals surface area (Å²) in [6.45, 7) is 4.07. The topological polar surface area (TPSA) is 106 Å². The van der Waals surface area contributed by atoms with Crippen LogP contribution in [0.4, 0.5) is 0 Å². The molecule has 7 nitrogen and oxygen atoms in total. The van der Waals surface area contributed by atoms with Crippen molar-refractivity contribution in [3.63, 3.8) is 0 Å². The van der Waals surface area contributed by atoms with E-state index >= 15 is 0 Å². The van der Waals surface area contributed by atoms with E-state index in [2.05, 4.69) is 5.32 Å². The summed E-state index contributed by atoms with van der Waals surface area (Å²) in [6, 6.07) is 3.78. The number of amides is 1. The molecule has 2 N–H and O–H groups in total. The van der Waals surface area contributed by atoms with Crippen LogP contribution in [0.1, 0.15) is 62.1 Å². The number of nitrogens with one attached hydrogen (secondary N) is 1. The number of carboxylic acid groups (broad SMARTS) is 1. The Bertz CT molecular complexity index is 1080. The Morgan fingerprint density at radius 3 is 2.53 bits per heavy atom. The molecule has 1 saturated carbocycles. The zero-order valence-electron chi connectivity index (χ0n) is 18.7. The largest absolute Gasteiger partial charge is 0.481 e. The lowest BCUT2D eigenvalue weighted by Crippen LogP contribution is -2.39. The van der Waals surface area contributed by atoms with Crippen LogP contribution in [0.3, 0.4) is 0 Å². The number of carbonyl (C=O) groups excluding carboxylic acids is 1. The second-order valence-corrected chi connectivity index (χ2v) is 9.18.